The first-order valence-electron chi connectivity index (χ1n) is 5.55. The lowest BCUT2D eigenvalue weighted by molar-refractivity contribution is -0.137. The number of carbonyl (C=O) groups excluding carboxylic acids is 2. The molecule has 3 amide bonds. The highest BCUT2D eigenvalue weighted by atomic mass is 16.4. The molecule has 0 bridgehead atoms. The number of carboxylic acids is 1. The van der Waals surface area contributed by atoms with E-state index in [0.717, 1.165) is 4.90 Å². The van der Waals surface area contributed by atoms with Crippen LogP contribution in [0, 0.1) is 22.7 Å². The van der Waals surface area contributed by atoms with Crippen LogP contribution in [0.3, 0.4) is 0 Å². The van der Waals surface area contributed by atoms with E-state index < -0.39 is 17.9 Å². The third-order valence-corrected chi connectivity index (χ3v) is 2.10. The summed E-state index contributed by atoms with van der Waals surface area (Å²) >= 11 is 0. The van der Waals surface area contributed by atoms with Gasteiger partial charge < -0.3 is 5.11 Å². The first kappa shape index (κ1) is 16.4. The maximum Gasteiger partial charge on any atom is 0.325 e. The third kappa shape index (κ3) is 8.16. The zero-order chi connectivity index (χ0) is 14.7. The Kier molecular flexibility index (Phi) is 8.13. The van der Waals surface area contributed by atoms with E-state index in [0.29, 0.717) is 12.8 Å². The van der Waals surface area contributed by atoms with Crippen LogP contribution in [0.1, 0.15) is 25.7 Å². The minimum Gasteiger partial charge on any atom is -0.481 e. The fraction of sp³-hybridized carbons (Fsp3) is 0.545. The van der Waals surface area contributed by atoms with Crippen molar-refractivity contribution in [3.8, 4) is 12.1 Å². The Bertz CT molecular complexity index is 405. The SMILES string of the molecule is N#CCN(CC#N)C(=O)NC(=O)CCCCC(=O)O. The molecule has 8 heteroatoms. The van der Waals surface area contributed by atoms with E-state index in [2.05, 4.69) is 0 Å². The van der Waals surface area contributed by atoms with Crippen molar-refractivity contribution in [1.29, 1.82) is 10.5 Å². The van der Waals surface area contributed by atoms with Gasteiger partial charge in [0.25, 0.3) is 0 Å². The van der Waals surface area contributed by atoms with Gasteiger partial charge in [-0.25, -0.2) is 4.79 Å². The Morgan fingerprint density at radius 1 is 1.05 bits per heavy atom. The van der Waals surface area contributed by atoms with Crippen LogP contribution < -0.4 is 5.32 Å². The molecule has 0 heterocycles. The number of nitrogens with one attached hydrogen (secondary N) is 1. The molecule has 0 aliphatic rings. The van der Waals surface area contributed by atoms with E-state index in [1.54, 1.807) is 12.1 Å². The first-order chi connectivity index (χ1) is 9.01. The normalized spacial score (nSPS) is 8.95. The van der Waals surface area contributed by atoms with E-state index in [-0.39, 0.29) is 25.9 Å². The molecule has 0 rings (SSSR count). The Hall–Kier alpha value is -2.61. The second kappa shape index (κ2) is 9.42. The molecule has 0 aliphatic carbocycles. The topological polar surface area (TPSA) is 134 Å². The Morgan fingerprint density at radius 2 is 1.58 bits per heavy atom. The molecular formula is C11H14N4O4. The number of amides is 3. The minimum absolute atomic E-state index is 0.0198. The fourth-order valence-corrected chi connectivity index (χ4v) is 1.19. The maximum absolute atomic E-state index is 11.5. The van der Waals surface area contributed by atoms with Crippen LogP contribution in [0.5, 0.6) is 0 Å². The average Bonchev–Trinajstić information content (AvgIpc) is 2.34. The number of nitrogens with zero attached hydrogens (tertiary/aromatic N) is 3. The fourth-order valence-electron chi connectivity index (χ4n) is 1.19. The molecule has 0 aliphatic heterocycles. The Balaban J connectivity index is 4.03. The van der Waals surface area contributed by atoms with Crippen LogP contribution in [0.15, 0.2) is 0 Å². The monoisotopic (exact) mass is 266 g/mol. The number of imide groups is 1. The largest absolute Gasteiger partial charge is 0.481 e. The molecule has 0 unspecified atom stereocenters. The lowest BCUT2D eigenvalue weighted by Gasteiger charge is -2.15. The van der Waals surface area contributed by atoms with Crippen molar-refractivity contribution in [2.75, 3.05) is 13.1 Å². The number of carbonyl (C=O) groups is 3. The lowest BCUT2D eigenvalue weighted by Crippen LogP contribution is -2.43. The van der Waals surface area contributed by atoms with Gasteiger partial charge >= 0.3 is 12.0 Å². The van der Waals surface area contributed by atoms with Gasteiger partial charge in [0.2, 0.25) is 5.91 Å². The summed E-state index contributed by atoms with van der Waals surface area (Å²) in [6, 6.07) is 2.62. The highest BCUT2D eigenvalue weighted by molar-refractivity contribution is 5.94. The van der Waals surface area contributed by atoms with E-state index in [1.165, 1.54) is 0 Å². The van der Waals surface area contributed by atoms with Crippen molar-refractivity contribution >= 4 is 17.9 Å². The Morgan fingerprint density at radius 3 is 2.05 bits per heavy atom. The molecule has 102 valence electrons. The van der Waals surface area contributed by atoms with Crippen LogP contribution in [0.25, 0.3) is 0 Å². The average molecular weight is 266 g/mol. The van der Waals surface area contributed by atoms with Gasteiger partial charge in [-0.05, 0) is 12.8 Å². The van der Waals surface area contributed by atoms with Gasteiger partial charge in [0.1, 0.15) is 13.1 Å². The zero-order valence-corrected chi connectivity index (χ0v) is 10.3. The standard InChI is InChI=1S/C11H14N4O4/c12-5-7-15(8-6-13)11(19)14-9(16)3-1-2-4-10(17)18/h1-4,7-8H2,(H,17,18)(H,14,16,19). The van der Waals surface area contributed by atoms with E-state index in [4.69, 9.17) is 15.6 Å². The number of unbranched alkanes of at least 4 members (excludes halogenated alkanes) is 1. The van der Waals surface area contributed by atoms with Crippen molar-refractivity contribution in [2.24, 2.45) is 0 Å². The van der Waals surface area contributed by atoms with Gasteiger partial charge in [0.15, 0.2) is 0 Å². The number of aliphatic carboxylic acids is 1. The van der Waals surface area contributed by atoms with Gasteiger partial charge in [-0.15, -0.1) is 0 Å². The summed E-state index contributed by atoms with van der Waals surface area (Å²) in [5.74, 6) is -1.50. The molecular weight excluding hydrogens is 252 g/mol. The van der Waals surface area contributed by atoms with Gasteiger partial charge in [0, 0.05) is 12.8 Å². The molecule has 0 radical (unpaired) electrons. The number of rotatable bonds is 7. The second-order valence-electron chi connectivity index (χ2n) is 3.63. The van der Waals surface area contributed by atoms with Gasteiger partial charge in [-0.3, -0.25) is 19.8 Å². The summed E-state index contributed by atoms with van der Waals surface area (Å²) in [6.45, 7) is -0.572. The minimum atomic E-state index is -0.939. The summed E-state index contributed by atoms with van der Waals surface area (Å²) in [4.78, 5) is 33.9. The van der Waals surface area contributed by atoms with Crippen molar-refractivity contribution in [1.82, 2.24) is 10.2 Å². The van der Waals surface area contributed by atoms with Crippen molar-refractivity contribution < 1.29 is 19.5 Å². The molecule has 19 heavy (non-hydrogen) atoms. The first-order valence-corrected chi connectivity index (χ1v) is 5.55. The molecule has 0 atom stereocenters. The molecule has 8 nitrogen and oxygen atoms in total. The summed E-state index contributed by atoms with van der Waals surface area (Å²) in [5, 5.41) is 27.3. The van der Waals surface area contributed by atoms with Crippen molar-refractivity contribution in [3.05, 3.63) is 0 Å². The molecule has 0 saturated carbocycles. The van der Waals surface area contributed by atoms with Crippen molar-refractivity contribution in [3.63, 3.8) is 0 Å². The molecule has 0 aromatic heterocycles. The quantitative estimate of drug-likeness (QED) is 0.499. The van der Waals surface area contributed by atoms with Crippen LogP contribution in [-0.4, -0.2) is 41.0 Å². The maximum atomic E-state index is 11.5. The van der Waals surface area contributed by atoms with E-state index in [9.17, 15) is 14.4 Å². The summed E-state index contributed by atoms with van der Waals surface area (Å²) in [7, 11) is 0. The number of hydrogen-bond acceptors (Lipinski definition) is 5. The number of urea groups is 1. The van der Waals surface area contributed by atoms with Crippen LogP contribution in [0.4, 0.5) is 4.79 Å². The molecule has 2 N–H and O–H groups in total. The van der Waals surface area contributed by atoms with E-state index >= 15 is 0 Å². The summed E-state index contributed by atoms with van der Waals surface area (Å²) in [5.41, 5.74) is 0. The van der Waals surface area contributed by atoms with Gasteiger partial charge in [-0.1, -0.05) is 0 Å². The van der Waals surface area contributed by atoms with E-state index in [1.807, 2.05) is 5.32 Å². The second-order valence-corrected chi connectivity index (χ2v) is 3.63. The number of nitriles is 2. The summed E-state index contributed by atoms with van der Waals surface area (Å²) in [6.07, 6.45) is 0.682. The predicted octanol–water partition coefficient (Wildman–Crippen LogP) is 0.217. The third-order valence-electron chi connectivity index (χ3n) is 2.10. The number of hydrogen-bond donors (Lipinski definition) is 2. The highest BCUT2D eigenvalue weighted by Crippen LogP contribution is 2.00. The smallest absolute Gasteiger partial charge is 0.325 e. The van der Waals surface area contributed by atoms with Crippen LogP contribution in [0.2, 0.25) is 0 Å². The van der Waals surface area contributed by atoms with Gasteiger partial charge in [0.05, 0.1) is 12.1 Å². The summed E-state index contributed by atoms with van der Waals surface area (Å²) < 4.78 is 0. The zero-order valence-electron chi connectivity index (χ0n) is 10.3. The molecule has 0 fully saturated rings. The van der Waals surface area contributed by atoms with Crippen molar-refractivity contribution in [2.45, 2.75) is 25.7 Å². The molecule has 0 spiro atoms. The number of carboxylic acid groups (broad SMARTS) is 1. The van der Waals surface area contributed by atoms with Gasteiger partial charge in [-0.2, -0.15) is 10.5 Å². The highest BCUT2D eigenvalue weighted by Gasteiger charge is 2.15. The van der Waals surface area contributed by atoms with Crippen LogP contribution >= 0.6 is 0 Å². The predicted molar refractivity (Wildman–Crippen MR) is 62.4 cm³/mol. The lowest BCUT2D eigenvalue weighted by atomic mass is 10.2. The van der Waals surface area contributed by atoms with Crippen LogP contribution in [-0.2, 0) is 9.59 Å². The molecule has 0 aromatic carbocycles. The Labute approximate surface area is 110 Å². The molecule has 0 saturated heterocycles. The molecule has 0 aromatic rings.